The summed E-state index contributed by atoms with van der Waals surface area (Å²) in [5.41, 5.74) is 0.167. The maximum absolute atomic E-state index is 10.8. The SMILES string of the molecule is CCCCCCCCCC/C=C/C(CC(=O)O)C(=O)O.O=C(O)c1ccc(C(=O)O)cc1. The van der Waals surface area contributed by atoms with Crippen molar-refractivity contribution in [2.24, 2.45) is 5.92 Å². The predicted octanol–water partition coefficient (Wildman–Crippen LogP) is 5.33. The minimum atomic E-state index is -1.07. The van der Waals surface area contributed by atoms with E-state index in [2.05, 4.69) is 6.92 Å². The summed E-state index contributed by atoms with van der Waals surface area (Å²) in [6.45, 7) is 2.21. The van der Waals surface area contributed by atoms with Crippen molar-refractivity contribution in [3.63, 3.8) is 0 Å². The zero-order chi connectivity index (χ0) is 24.4. The number of carboxylic acid groups (broad SMARTS) is 4. The molecule has 0 saturated carbocycles. The van der Waals surface area contributed by atoms with Crippen LogP contribution in [-0.2, 0) is 9.59 Å². The molecule has 4 N–H and O–H groups in total. The van der Waals surface area contributed by atoms with Gasteiger partial charge in [-0.1, -0.05) is 64.0 Å². The number of allylic oxidation sites excluding steroid dienone is 1. The van der Waals surface area contributed by atoms with Crippen LogP contribution in [0.25, 0.3) is 0 Å². The van der Waals surface area contributed by atoms with Crippen molar-refractivity contribution in [2.45, 2.75) is 71.1 Å². The van der Waals surface area contributed by atoms with Gasteiger partial charge in [-0.05, 0) is 37.1 Å². The Hall–Kier alpha value is -3.16. The lowest BCUT2D eigenvalue weighted by Crippen LogP contribution is -2.15. The van der Waals surface area contributed by atoms with Gasteiger partial charge in [-0.25, -0.2) is 9.59 Å². The zero-order valence-electron chi connectivity index (χ0n) is 18.5. The first-order valence-electron chi connectivity index (χ1n) is 10.9. The van der Waals surface area contributed by atoms with Gasteiger partial charge in [0.1, 0.15) is 0 Å². The molecule has 0 aromatic heterocycles. The van der Waals surface area contributed by atoms with Gasteiger partial charge in [-0.3, -0.25) is 9.59 Å². The van der Waals surface area contributed by atoms with Crippen LogP contribution in [0, 0.1) is 5.92 Å². The van der Waals surface area contributed by atoms with Gasteiger partial charge in [0.05, 0.1) is 23.5 Å². The van der Waals surface area contributed by atoms with Crippen molar-refractivity contribution >= 4 is 23.9 Å². The Morgan fingerprint density at radius 2 is 1.19 bits per heavy atom. The van der Waals surface area contributed by atoms with Crippen molar-refractivity contribution in [3.8, 4) is 0 Å². The van der Waals surface area contributed by atoms with Crippen molar-refractivity contribution < 1.29 is 39.6 Å². The number of carbonyl (C=O) groups is 4. The Labute approximate surface area is 188 Å². The third kappa shape index (κ3) is 14.8. The summed E-state index contributed by atoms with van der Waals surface area (Å²) in [5, 5.41) is 34.4. The second kappa shape index (κ2) is 17.5. The van der Waals surface area contributed by atoms with Gasteiger partial charge in [0.25, 0.3) is 0 Å². The maximum Gasteiger partial charge on any atom is 0.335 e. The topological polar surface area (TPSA) is 149 Å². The fourth-order valence-corrected chi connectivity index (χ4v) is 2.84. The first-order valence-corrected chi connectivity index (χ1v) is 10.9. The van der Waals surface area contributed by atoms with Gasteiger partial charge in [0.2, 0.25) is 0 Å². The van der Waals surface area contributed by atoms with Crippen molar-refractivity contribution in [3.05, 3.63) is 47.5 Å². The molecular weight excluding hydrogens is 416 g/mol. The van der Waals surface area contributed by atoms with Crippen LogP contribution in [0.4, 0.5) is 0 Å². The van der Waals surface area contributed by atoms with Crippen molar-refractivity contribution in [1.29, 1.82) is 0 Å². The maximum atomic E-state index is 10.8. The quantitative estimate of drug-likeness (QED) is 0.207. The molecule has 0 heterocycles. The van der Waals surface area contributed by atoms with Gasteiger partial charge >= 0.3 is 23.9 Å². The van der Waals surface area contributed by atoms with E-state index in [9.17, 15) is 19.2 Å². The van der Waals surface area contributed by atoms with Crippen LogP contribution in [0.3, 0.4) is 0 Å². The average Bonchev–Trinajstić information content (AvgIpc) is 2.74. The fourth-order valence-electron chi connectivity index (χ4n) is 2.84. The van der Waals surface area contributed by atoms with E-state index >= 15 is 0 Å². The number of aliphatic carboxylic acids is 2. The van der Waals surface area contributed by atoms with Crippen LogP contribution in [0.1, 0.15) is 91.8 Å². The smallest absolute Gasteiger partial charge is 0.335 e. The molecule has 1 atom stereocenters. The molecule has 8 heteroatoms. The predicted molar refractivity (Wildman–Crippen MR) is 120 cm³/mol. The highest BCUT2D eigenvalue weighted by Crippen LogP contribution is 2.11. The van der Waals surface area contributed by atoms with Gasteiger partial charge in [-0.2, -0.15) is 0 Å². The molecule has 178 valence electrons. The molecule has 0 aliphatic rings. The monoisotopic (exact) mass is 450 g/mol. The molecule has 1 aromatic carbocycles. The van der Waals surface area contributed by atoms with Gasteiger partial charge in [0, 0.05) is 0 Å². The minimum Gasteiger partial charge on any atom is -0.481 e. The molecule has 0 radical (unpaired) electrons. The summed E-state index contributed by atoms with van der Waals surface area (Å²) in [7, 11) is 0. The van der Waals surface area contributed by atoms with Crippen LogP contribution in [0.5, 0.6) is 0 Å². The van der Waals surface area contributed by atoms with Crippen molar-refractivity contribution in [2.75, 3.05) is 0 Å². The molecule has 1 rings (SSSR count). The van der Waals surface area contributed by atoms with E-state index < -0.39 is 29.8 Å². The van der Waals surface area contributed by atoms with Crippen LogP contribution >= 0.6 is 0 Å². The second-order valence-electron chi connectivity index (χ2n) is 7.42. The normalized spacial score (nSPS) is 11.4. The van der Waals surface area contributed by atoms with Crippen LogP contribution in [0.15, 0.2) is 36.4 Å². The third-order valence-corrected chi connectivity index (χ3v) is 4.68. The fraction of sp³-hybridized carbons (Fsp3) is 0.500. The standard InChI is InChI=1S/C16H28O4.C8H6O4/c1-2-3-4-5-6-7-8-9-10-11-12-14(16(19)20)13-15(17)18;9-7(10)5-1-2-6(4-3-5)8(11)12/h11-12,14H,2-10,13H2,1H3,(H,17,18)(H,19,20);1-4H,(H,9,10)(H,11,12)/b12-11+;. The summed E-state index contributed by atoms with van der Waals surface area (Å²) in [6, 6.07) is 5.02. The van der Waals surface area contributed by atoms with E-state index in [0.29, 0.717) is 0 Å². The first-order chi connectivity index (χ1) is 15.2. The number of unbranched alkanes of at least 4 members (excludes halogenated alkanes) is 8. The molecule has 1 unspecified atom stereocenters. The number of hydrogen-bond donors (Lipinski definition) is 4. The first kappa shape index (κ1) is 28.8. The average molecular weight is 451 g/mol. The van der Waals surface area contributed by atoms with E-state index in [1.54, 1.807) is 6.08 Å². The van der Waals surface area contributed by atoms with Crippen LogP contribution in [0.2, 0.25) is 0 Å². The Balaban J connectivity index is 0.000000677. The highest BCUT2D eigenvalue weighted by Gasteiger charge is 2.17. The van der Waals surface area contributed by atoms with Crippen LogP contribution < -0.4 is 0 Å². The molecule has 0 fully saturated rings. The van der Waals surface area contributed by atoms with E-state index in [-0.39, 0.29) is 17.5 Å². The number of hydrogen-bond acceptors (Lipinski definition) is 4. The second-order valence-corrected chi connectivity index (χ2v) is 7.42. The van der Waals surface area contributed by atoms with E-state index in [1.807, 2.05) is 0 Å². The summed E-state index contributed by atoms with van der Waals surface area (Å²) in [5.74, 6) is -5.17. The molecule has 0 spiro atoms. The lowest BCUT2D eigenvalue weighted by atomic mass is 10.0. The molecule has 0 amide bonds. The molecule has 0 aliphatic carbocycles. The molecule has 0 bridgehead atoms. The number of rotatable bonds is 15. The lowest BCUT2D eigenvalue weighted by molar-refractivity contribution is -0.146. The lowest BCUT2D eigenvalue weighted by Gasteiger charge is -2.03. The Kier molecular flexibility index (Phi) is 15.8. The number of carboxylic acids is 4. The molecule has 8 nitrogen and oxygen atoms in total. The van der Waals surface area contributed by atoms with Gasteiger partial charge < -0.3 is 20.4 Å². The Morgan fingerprint density at radius 1 is 0.750 bits per heavy atom. The molecule has 0 saturated heterocycles. The van der Waals surface area contributed by atoms with Gasteiger partial charge in [0.15, 0.2) is 0 Å². The van der Waals surface area contributed by atoms with Crippen molar-refractivity contribution in [1.82, 2.24) is 0 Å². The summed E-state index contributed by atoms with van der Waals surface area (Å²) in [4.78, 5) is 42.0. The largest absolute Gasteiger partial charge is 0.481 e. The van der Waals surface area contributed by atoms with E-state index in [0.717, 1.165) is 19.3 Å². The van der Waals surface area contributed by atoms with E-state index in [1.165, 1.54) is 68.9 Å². The molecule has 32 heavy (non-hydrogen) atoms. The Bertz CT molecular complexity index is 704. The minimum absolute atomic E-state index is 0.0833. The summed E-state index contributed by atoms with van der Waals surface area (Å²) >= 11 is 0. The number of aromatic carboxylic acids is 2. The zero-order valence-corrected chi connectivity index (χ0v) is 18.5. The van der Waals surface area contributed by atoms with E-state index in [4.69, 9.17) is 20.4 Å². The van der Waals surface area contributed by atoms with Gasteiger partial charge in [-0.15, -0.1) is 0 Å². The highest BCUT2D eigenvalue weighted by atomic mass is 16.4. The number of benzene rings is 1. The van der Waals surface area contributed by atoms with Crippen LogP contribution in [-0.4, -0.2) is 44.3 Å². The molecular formula is C24H34O8. The third-order valence-electron chi connectivity index (χ3n) is 4.68. The molecule has 1 aromatic rings. The molecule has 0 aliphatic heterocycles. The summed E-state index contributed by atoms with van der Waals surface area (Å²) < 4.78 is 0. The Morgan fingerprint density at radius 3 is 1.56 bits per heavy atom. The summed E-state index contributed by atoms with van der Waals surface area (Å²) in [6.07, 6.45) is 13.7. The highest BCUT2D eigenvalue weighted by molar-refractivity contribution is 5.91.